The average molecular weight is 357 g/mol. The number of methoxy groups -OCH3 is 1. The van der Waals surface area contributed by atoms with E-state index < -0.39 is 17.5 Å². The van der Waals surface area contributed by atoms with Crippen LogP contribution in [0.5, 0.6) is 5.75 Å². The third-order valence-electron chi connectivity index (χ3n) is 3.62. The van der Waals surface area contributed by atoms with Crippen molar-refractivity contribution in [2.75, 3.05) is 12.9 Å². The topological polar surface area (TPSA) is 38.4 Å². The van der Waals surface area contributed by atoms with Crippen LogP contribution in [-0.2, 0) is 15.7 Å². The van der Waals surface area contributed by atoms with Crippen LogP contribution in [0.2, 0.25) is 0 Å². The van der Waals surface area contributed by atoms with Gasteiger partial charge in [0.15, 0.2) is 0 Å². The summed E-state index contributed by atoms with van der Waals surface area (Å²) < 4.78 is 45.9. The predicted molar refractivity (Wildman–Crippen MR) is 84.4 cm³/mol. The SMILES string of the molecule is COc1ccc(C(CSc2ccc(C)cc2)(O[O])C(F)(F)F)cc1. The number of thioether (sulfide) groups is 1. The van der Waals surface area contributed by atoms with E-state index in [2.05, 4.69) is 4.89 Å². The molecule has 0 amide bonds. The van der Waals surface area contributed by atoms with E-state index in [1.807, 2.05) is 6.92 Å². The number of ether oxygens (including phenoxy) is 1. The number of alkyl halides is 3. The van der Waals surface area contributed by atoms with Gasteiger partial charge in [0.05, 0.1) is 7.11 Å². The minimum Gasteiger partial charge on any atom is -0.497 e. The maximum absolute atomic E-state index is 13.6. The van der Waals surface area contributed by atoms with Crippen LogP contribution in [0.1, 0.15) is 11.1 Å². The van der Waals surface area contributed by atoms with Crippen LogP contribution in [-0.4, -0.2) is 19.0 Å². The highest BCUT2D eigenvalue weighted by Crippen LogP contribution is 2.45. The highest BCUT2D eigenvalue weighted by molar-refractivity contribution is 7.99. The van der Waals surface area contributed by atoms with Crippen LogP contribution in [0.25, 0.3) is 0 Å². The fourth-order valence-electron chi connectivity index (χ4n) is 2.13. The maximum Gasteiger partial charge on any atom is 0.425 e. The Labute approximate surface area is 142 Å². The molecule has 2 aromatic carbocycles. The molecule has 0 saturated heterocycles. The van der Waals surface area contributed by atoms with Gasteiger partial charge in [0, 0.05) is 10.6 Å². The lowest BCUT2D eigenvalue weighted by atomic mass is 9.95. The molecule has 0 fully saturated rings. The monoisotopic (exact) mass is 357 g/mol. The second-order valence-corrected chi connectivity index (χ2v) is 6.29. The molecular formula is C17H16F3O3S. The molecule has 0 spiro atoms. The van der Waals surface area contributed by atoms with E-state index in [0.717, 1.165) is 17.3 Å². The zero-order valence-electron chi connectivity index (χ0n) is 13.1. The van der Waals surface area contributed by atoms with Crippen molar-refractivity contribution in [3.8, 4) is 5.75 Å². The molecule has 0 aliphatic heterocycles. The van der Waals surface area contributed by atoms with Gasteiger partial charge in [0.25, 0.3) is 0 Å². The quantitative estimate of drug-likeness (QED) is 0.419. The van der Waals surface area contributed by atoms with Crippen LogP contribution >= 0.6 is 11.8 Å². The molecule has 0 bridgehead atoms. The normalized spacial score (nSPS) is 14.2. The fraction of sp³-hybridized carbons (Fsp3) is 0.294. The third kappa shape index (κ3) is 3.85. The van der Waals surface area contributed by atoms with Gasteiger partial charge in [-0.25, -0.2) is 0 Å². The largest absolute Gasteiger partial charge is 0.497 e. The number of rotatable bonds is 6. The first-order chi connectivity index (χ1) is 11.3. The molecular weight excluding hydrogens is 341 g/mol. The van der Waals surface area contributed by atoms with Crippen molar-refractivity contribution in [2.45, 2.75) is 23.6 Å². The van der Waals surface area contributed by atoms with Crippen LogP contribution in [0, 0.1) is 6.92 Å². The van der Waals surface area contributed by atoms with Gasteiger partial charge >= 0.3 is 6.18 Å². The average Bonchev–Trinajstić information content (AvgIpc) is 2.56. The molecule has 1 unspecified atom stereocenters. The molecule has 0 saturated carbocycles. The Bertz CT molecular complexity index is 656. The molecule has 2 aromatic rings. The van der Waals surface area contributed by atoms with Crippen molar-refractivity contribution >= 4 is 11.8 Å². The zero-order valence-corrected chi connectivity index (χ0v) is 13.9. The molecule has 0 aliphatic carbocycles. The summed E-state index contributed by atoms with van der Waals surface area (Å²) >= 11 is 0.916. The van der Waals surface area contributed by atoms with Crippen LogP contribution in [0.4, 0.5) is 13.2 Å². The summed E-state index contributed by atoms with van der Waals surface area (Å²) in [6, 6.07) is 12.1. The van der Waals surface area contributed by atoms with E-state index in [1.54, 1.807) is 24.3 Å². The number of halogens is 3. The summed E-state index contributed by atoms with van der Waals surface area (Å²) in [7, 11) is 1.41. The van der Waals surface area contributed by atoms with Crippen molar-refractivity contribution in [3.63, 3.8) is 0 Å². The molecule has 7 heteroatoms. The van der Waals surface area contributed by atoms with Crippen LogP contribution in [0.15, 0.2) is 53.4 Å². The van der Waals surface area contributed by atoms with Crippen molar-refractivity contribution in [3.05, 3.63) is 59.7 Å². The lowest BCUT2D eigenvalue weighted by Crippen LogP contribution is -2.46. The maximum atomic E-state index is 13.6. The molecule has 0 N–H and O–H groups in total. The number of benzene rings is 2. The standard InChI is InChI=1S/C17H16F3O3S/c1-12-3-9-15(10-4-12)24-11-16(23-21,17(18,19)20)13-5-7-14(22-2)8-6-13/h3-10H,11H2,1-2H3. The first kappa shape index (κ1) is 18.6. The van der Waals surface area contributed by atoms with Gasteiger partial charge in [-0.05, 0) is 42.0 Å². The van der Waals surface area contributed by atoms with Crippen LogP contribution < -0.4 is 4.74 Å². The van der Waals surface area contributed by atoms with E-state index in [1.165, 1.54) is 31.4 Å². The Hall–Kier alpha value is -1.70. The van der Waals surface area contributed by atoms with Crippen molar-refractivity contribution in [1.29, 1.82) is 0 Å². The number of hydrogen-bond donors (Lipinski definition) is 0. The van der Waals surface area contributed by atoms with Gasteiger partial charge in [-0.3, -0.25) is 0 Å². The second-order valence-electron chi connectivity index (χ2n) is 5.24. The molecule has 129 valence electrons. The fourth-order valence-corrected chi connectivity index (χ4v) is 3.20. The molecule has 3 nitrogen and oxygen atoms in total. The zero-order chi connectivity index (χ0) is 17.8. The summed E-state index contributed by atoms with van der Waals surface area (Å²) in [6.07, 6.45) is -4.86. The lowest BCUT2D eigenvalue weighted by molar-refractivity contribution is -0.435. The minimum atomic E-state index is -4.86. The van der Waals surface area contributed by atoms with Gasteiger partial charge in [0.2, 0.25) is 5.60 Å². The molecule has 0 aromatic heterocycles. The van der Waals surface area contributed by atoms with E-state index in [-0.39, 0.29) is 5.56 Å². The summed E-state index contributed by atoms with van der Waals surface area (Å²) in [5.41, 5.74) is -2.20. The molecule has 24 heavy (non-hydrogen) atoms. The third-order valence-corrected chi connectivity index (χ3v) is 4.78. The Morgan fingerprint density at radius 3 is 2.04 bits per heavy atom. The van der Waals surface area contributed by atoms with Gasteiger partial charge < -0.3 is 4.74 Å². The van der Waals surface area contributed by atoms with E-state index in [4.69, 9.17) is 4.74 Å². The Morgan fingerprint density at radius 1 is 1.00 bits per heavy atom. The Morgan fingerprint density at radius 2 is 1.58 bits per heavy atom. The van der Waals surface area contributed by atoms with E-state index >= 15 is 0 Å². The van der Waals surface area contributed by atoms with Gasteiger partial charge in [-0.15, -0.1) is 11.8 Å². The summed E-state index contributed by atoms with van der Waals surface area (Å²) in [5.74, 6) is -0.193. The summed E-state index contributed by atoms with van der Waals surface area (Å²) in [6.45, 7) is 1.88. The van der Waals surface area contributed by atoms with Crippen molar-refractivity contribution in [1.82, 2.24) is 0 Å². The molecule has 2 rings (SSSR count). The Balaban J connectivity index is 2.33. The summed E-state index contributed by atoms with van der Waals surface area (Å²) in [5, 5.41) is 11.2. The minimum absolute atomic E-state index is 0.259. The predicted octanol–water partition coefficient (Wildman–Crippen LogP) is 4.92. The summed E-state index contributed by atoms with van der Waals surface area (Å²) in [4.78, 5) is 4.40. The second kappa shape index (κ2) is 7.46. The van der Waals surface area contributed by atoms with Crippen LogP contribution in [0.3, 0.4) is 0 Å². The van der Waals surface area contributed by atoms with Crippen molar-refractivity contribution in [2.24, 2.45) is 0 Å². The first-order valence-electron chi connectivity index (χ1n) is 7.04. The van der Waals surface area contributed by atoms with E-state index in [9.17, 15) is 18.4 Å². The smallest absolute Gasteiger partial charge is 0.425 e. The number of aryl methyl sites for hydroxylation is 1. The molecule has 1 atom stereocenters. The lowest BCUT2D eigenvalue weighted by Gasteiger charge is -2.31. The van der Waals surface area contributed by atoms with E-state index in [0.29, 0.717) is 10.6 Å². The van der Waals surface area contributed by atoms with Crippen molar-refractivity contribution < 1.29 is 28.1 Å². The molecule has 0 heterocycles. The first-order valence-corrected chi connectivity index (χ1v) is 8.02. The highest BCUT2D eigenvalue weighted by Gasteiger charge is 2.59. The number of hydrogen-bond acceptors (Lipinski definition) is 3. The molecule has 1 radical (unpaired) electrons. The van der Waals surface area contributed by atoms with Gasteiger partial charge in [-0.2, -0.15) is 18.1 Å². The molecule has 0 aliphatic rings. The highest BCUT2D eigenvalue weighted by atomic mass is 32.2. The van der Waals surface area contributed by atoms with Gasteiger partial charge in [-0.1, -0.05) is 29.8 Å². The Kier molecular flexibility index (Phi) is 5.79. The van der Waals surface area contributed by atoms with Gasteiger partial charge in [0.1, 0.15) is 5.75 Å².